The second-order valence-electron chi connectivity index (χ2n) is 6.14. The maximum absolute atomic E-state index is 9.42. The first-order chi connectivity index (χ1) is 9.34. The van der Waals surface area contributed by atoms with Gasteiger partial charge in [-0.05, 0) is 38.3 Å². The van der Waals surface area contributed by atoms with E-state index in [0.717, 1.165) is 36.6 Å². The van der Waals surface area contributed by atoms with E-state index in [0.29, 0.717) is 12.1 Å². The number of aryl methyl sites for hydroxylation is 2. The van der Waals surface area contributed by atoms with Crippen LogP contribution in [0.5, 0.6) is 0 Å². The lowest BCUT2D eigenvalue weighted by molar-refractivity contribution is 0.377. The summed E-state index contributed by atoms with van der Waals surface area (Å²) in [4.78, 5) is 6.66. The standard InChI is InChI=1S/C16H26N4/c1-6-7-20(11-16(4,5)10-18)15-8-12(2)19-13(3)14(15)9-17/h8H,6-7,10-11,18H2,1-5H3. The van der Waals surface area contributed by atoms with E-state index in [-0.39, 0.29) is 5.41 Å². The van der Waals surface area contributed by atoms with E-state index < -0.39 is 0 Å². The van der Waals surface area contributed by atoms with Gasteiger partial charge in [0.15, 0.2) is 0 Å². The van der Waals surface area contributed by atoms with Crippen molar-refractivity contribution in [1.29, 1.82) is 5.26 Å². The molecule has 1 aromatic heterocycles. The van der Waals surface area contributed by atoms with Gasteiger partial charge in [0.05, 0.1) is 16.9 Å². The topological polar surface area (TPSA) is 65.9 Å². The monoisotopic (exact) mass is 274 g/mol. The van der Waals surface area contributed by atoms with Crippen LogP contribution in [0.2, 0.25) is 0 Å². The van der Waals surface area contributed by atoms with E-state index >= 15 is 0 Å². The van der Waals surface area contributed by atoms with E-state index in [1.165, 1.54) is 0 Å². The van der Waals surface area contributed by atoms with E-state index in [4.69, 9.17) is 5.73 Å². The molecule has 1 rings (SSSR count). The fourth-order valence-electron chi connectivity index (χ4n) is 2.33. The lowest BCUT2D eigenvalue weighted by Crippen LogP contribution is -2.39. The zero-order valence-electron chi connectivity index (χ0n) is 13.3. The Morgan fingerprint density at radius 1 is 1.40 bits per heavy atom. The van der Waals surface area contributed by atoms with Crippen LogP contribution in [0.25, 0.3) is 0 Å². The molecule has 0 unspecified atom stereocenters. The zero-order chi connectivity index (χ0) is 15.3. The van der Waals surface area contributed by atoms with Crippen LogP contribution < -0.4 is 10.6 Å². The van der Waals surface area contributed by atoms with Crippen molar-refractivity contribution in [3.05, 3.63) is 23.0 Å². The minimum absolute atomic E-state index is 0.0208. The fraction of sp³-hybridized carbons (Fsp3) is 0.625. The smallest absolute Gasteiger partial charge is 0.103 e. The molecule has 0 saturated heterocycles. The number of nitriles is 1. The molecule has 0 radical (unpaired) electrons. The third kappa shape index (κ3) is 3.94. The van der Waals surface area contributed by atoms with Crippen LogP contribution in [0.1, 0.15) is 44.1 Å². The first kappa shape index (κ1) is 16.5. The van der Waals surface area contributed by atoms with Gasteiger partial charge in [-0.3, -0.25) is 4.98 Å². The molecule has 0 fully saturated rings. The Morgan fingerprint density at radius 2 is 2.05 bits per heavy atom. The molecule has 0 aromatic carbocycles. The van der Waals surface area contributed by atoms with Gasteiger partial charge >= 0.3 is 0 Å². The number of aromatic nitrogens is 1. The molecule has 0 saturated carbocycles. The van der Waals surface area contributed by atoms with Crippen LogP contribution in [0.4, 0.5) is 5.69 Å². The Kier molecular flexibility index (Phi) is 5.52. The summed E-state index contributed by atoms with van der Waals surface area (Å²) in [6.45, 7) is 12.7. The molecule has 0 aliphatic carbocycles. The van der Waals surface area contributed by atoms with Crippen LogP contribution in [0.15, 0.2) is 6.07 Å². The molecule has 4 heteroatoms. The third-order valence-corrected chi connectivity index (χ3v) is 3.43. The summed E-state index contributed by atoms with van der Waals surface area (Å²) in [5.41, 5.74) is 9.29. The van der Waals surface area contributed by atoms with Crippen LogP contribution in [0, 0.1) is 30.6 Å². The Balaban J connectivity index is 3.25. The van der Waals surface area contributed by atoms with Gasteiger partial charge in [0.2, 0.25) is 0 Å². The summed E-state index contributed by atoms with van der Waals surface area (Å²) in [5.74, 6) is 0. The highest BCUT2D eigenvalue weighted by Crippen LogP contribution is 2.27. The molecule has 0 aliphatic heterocycles. The number of hydrogen-bond donors (Lipinski definition) is 1. The van der Waals surface area contributed by atoms with Crippen molar-refractivity contribution >= 4 is 5.69 Å². The lowest BCUT2D eigenvalue weighted by Gasteiger charge is -2.34. The predicted octanol–water partition coefficient (Wildman–Crippen LogP) is 2.77. The van der Waals surface area contributed by atoms with Crippen LogP contribution in [-0.2, 0) is 0 Å². The van der Waals surface area contributed by atoms with Crippen molar-refractivity contribution in [2.45, 2.75) is 41.0 Å². The second kappa shape index (κ2) is 6.71. The minimum Gasteiger partial charge on any atom is -0.370 e. The Hall–Kier alpha value is -1.60. The van der Waals surface area contributed by atoms with Gasteiger partial charge in [0.1, 0.15) is 6.07 Å². The molecule has 0 aliphatic rings. The summed E-state index contributed by atoms with van der Waals surface area (Å²) in [6.07, 6.45) is 1.03. The van der Waals surface area contributed by atoms with Crippen molar-refractivity contribution in [2.24, 2.45) is 11.1 Å². The summed E-state index contributed by atoms with van der Waals surface area (Å²) in [6, 6.07) is 4.31. The predicted molar refractivity (Wildman–Crippen MR) is 83.8 cm³/mol. The molecule has 0 amide bonds. The van der Waals surface area contributed by atoms with Crippen molar-refractivity contribution in [1.82, 2.24) is 4.98 Å². The van der Waals surface area contributed by atoms with E-state index in [9.17, 15) is 5.26 Å². The molecule has 1 aromatic rings. The summed E-state index contributed by atoms with van der Waals surface area (Å²) >= 11 is 0. The molecule has 2 N–H and O–H groups in total. The van der Waals surface area contributed by atoms with Crippen LogP contribution in [0.3, 0.4) is 0 Å². The quantitative estimate of drug-likeness (QED) is 0.866. The van der Waals surface area contributed by atoms with Gasteiger partial charge in [-0.2, -0.15) is 5.26 Å². The minimum atomic E-state index is 0.0208. The largest absolute Gasteiger partial charge is 0.370 e. The highest BCUT2D eigenvalue weighted by atomic mass is 15.1. The highest BCUT2D eigenvalue weighted by Gasteiger charge is 2.22. The number of anilines is 1. The van der Waals surface area contributed by atoms with Gasteiger partial charge in [-0.15, -0.1) is 0 Å². The average Bonchev–Trinajstić information content (AvgIpc) is 2.37. The van der Waals surface area contributed by atoms with Gasteiger partial charge in [0, 0.05) is 18.8 Å². The Labute approximate surface area is 122 Å². The number of hydrogen-bond acceptors (Lipinski definition) is 4. The van der Waals surface area contributed by atoms with Crippen molar-refractivity contribution < 1.29 is 0 Å². The summed E-state index contributed by atoms with van der Waals surface area (Å²) in [7, 11) is 0. The number of nitrogens with two attached hydrogens (primary N) is 1. The third-order valence-electron chi connectivity index (χ3n) is 3.43. The molecule has 0 spiro atoms. The molecular formula is C16H26N4. The van der Waals surface area contributed by atoms with Crippen molar-refractivity contribution in [3.8, 4) is 6.07 Å². The van der Waals surface area contributed by atoms with E-state index in [1.54, 1.807) is 0 Å². The molecule has 0 atom stereocenters. The molecule has 20 heavy (non-hydrogen) atoms. The highest BCUT2D eigenvalue weighted by molar-refractivity contribution is 5.61. The van der Waals surface area contributed by atoms with Gasteiger partial charge in [-0.1, -0.05) is 20.8 Å². The van der Waals surface area contributed by atoms with Gasteiger partial charge < -0.3 is 10.6 Å². The Bertz CT molecular complexity index is 500. The summed E-state index contributed by atoms with van der Waals surface area (Å²) < 4.78 is 0. The van der Waals surface area contributed by atoms with E-state index in [1.807, 2.05) is 19.9 Å². The zero-order valence-corrected chi connectivity index (χ0v) is 13.3. The Morgan fingerprint density at radius 3 is 2.55 bits per heavy atom. The van der Waals surface area contributed by atoms with Gasteiger partial charge in [-0.25, -0.2) is 0 Å². The molecule has 1 heterocycles. The van der Waals surface area contributed by atoms with Crippen molar-refractivity contribution in [3.63, 3.8) is 0 Å². The first-order valence-corrected chi connectivity index (χ1v) is 7.18. The summed E-state index contributed by atoms with van der Waals surface area (Å²) in [5, 5.41) is 9.42. The average molecular weight is 274 g/mol. The van der Waals surface area contributed by atoms with Crippen LogP contribution >= 0.6 is 0 Å². The molecule has 0 bridgehead atoms. The number of rotatable bonds is 6. The SMILES string of the molecule is CCCN(CC(C)(C)CN)c1cc(C)nc(C)c1C#N. The number of pyridine rings is 1. The molecule has 110 valence electrons. The second-order valence-corrected chi connectivity index (χ2v) is 6.14. The first-order valence-electron chi connectivity index (χ1n) is 7.18. The molecule has 4 nitrogen and oxygen atoms in total. The number of nitrogens with zero attached hydrogens (tertiary/aromatic N) is 3. The maximum atomic E-state index is 9.42. The lowest BCUT2D eigenvalue weighted by atomic mass is 9.92. The molecular weight excluding hydrogens is 248 g/mol. The van der Waals surface area contributed by atoms with Crippen LogP contribution in [-0.4, -0.2) is 24.6 Å². The normalized spacial score (nSPS) is 11.2. The fourth-order valence-corrected chi connectivity index (χ4v) is 2.33. The van der Waals surface area contributed by atoms with E-state index in [2.05, 4.69) is 36.7 Å². The van der Waals surface area contributed by atoms with Gasteiger partial charge in [0.25, 0.3) is 0 Å². The van der Waals surface area contributed by atoms with Crippen molar-refractivity contribution in [2.75, 3.05) is 24.5 Å². The maximum Gasteiger partial charge on any atom is 0.103 e.